The molecule has 0 aliphatic rings. The van der Waals surface area contributed by atoms with Gasteiger partial charge in [0.15, 0.2) is 0 Å². The highest BCUT2D eigenvalue weighted by atomic mass is 32.1. The molecule has 2 rings (SSSR count). The number of aromatic nitrogens is 2. The fraction of sp³-hybridized carbons (Fsp3) is 0.250. The number of pyridine rings is 1. The Hall–Kier alpha value is -1.75. The van der Waals surface area contributed by atoms with Crippen molar-refractivity contribution in [2.45, 2.75) is 19.8 Å². The lowest BCUT2D eigenvalue weighted by Gasteiger charge is -2.00. The quantitative estimate of drug-likeness (QED) is 0.906. The number of carboxylic acids is 1. The maximum Gasteiger partial charge on any atom is 0.347 e. The van der Waals surface area contributed by atoms with Gasteiger partial charge in [-0.15, -0.1) is 11.3 Å². The molecule has 17 heavy (non-hydrogen) atoms. The molecule has 2 aromatic heterocycles. The minimum atomic E-state index is -0.915. The molecule has 2 aromatic rings. The van der Waals surface area contributed by atoms with Crippen LogP contribution in [0.15, 0.2) is 24.5 Å². The number of rotatable bonds is 3. The van der Waals surface area contributed by atoms with Crippen LogP contribution in [0.3, 0.4) is 0 Å². The molecule has 1 N–H and O–H groups in total. The van der Waals surface area contributed by atoms with Gasteiger partial charge in [0.05, 0.1) is 5.69 Å². The Morgan fingerprint density at radius 2 is 2.24 bits per heavy atom. The number of hydrogen-bond donors (Lipinski definition) is 1. The van der Waals surface area contributed by atoms with E-state index >= 15 is 0 Å². The van der Waals surface area contributed by atoms with Gasteiger partial charge in [-0.05, 0) is 18.1 Å². The predicted octanol–water partition coefficient (Wildman–Crippen LogP) is 3.03. The van der Waals surface area contributed by atoms with E-state index in [1.54, 1.807) is 12.4 Å². The van der Waals surface area contributed by atoms with Crippen molar-refractivity contribution in [1.82, 2.24) is 9.97 Å². The van der Waals surface area contributed by atoms with Gasteiger partial charge in [-0.1, -0.05) is 13.8 Å². The van der Waals surface area contributed by atoms with E-state index in [0.29, 0.717) is 15.6 Å². The second kappa shape index (κ2) is 4.63. The van der Waals surface area contributed by atoms with Gasteiger partial charge < -0.3 is 5.11 Å². The fourth-order valence-corrected chi connectivity index (χ4v) is 2.54. The van der Waals surface area contributed by atoms with Gasteiger partial charge in [0.25, 0.3) is 0 Å². The van der Waals surface area contributed by atoms with Gasteiger partial charge >= 0.3 is 5.97 Å². The molecular weight excluding hydrogens is 236 g/mol. The first-order chi connectivity index (χ1) is 8.09. The van der Waals surface area contributed by atoms with Crippen molar-refractivity contribution in [3.8, 4) is 10.6 Å². The van der Waals surface area contributed by atoms with Crippen LogP contribution in [-0.4, -0.2) is 21.0 Å². The van der Waals surface area contributed by atoms with Crippen LogP contribution >= 0.6 is 11.3 Å². The van der Waals surface area contributed by atoms with E-state index in [-0.39, 0.29) is 5.92 Å². The molecule has 0 amide bonds. The maximum absolute atomic E-state index is 11.1. The number of hydrogen-bond acceptors (Lipinski definition) is 4. The first-order valence-corrected chi connectivity index (χ1v) is 6.05. The summed E-state index contributed by atoms with van der Waals surface area (Å²) in [5.41, 5.74) is 1.49. The highest BCUT2D eigenvalue weighted by Crippen LogP contribution is 2.31. The third kappa shape index (κ3) is 2.34. The van der Waals surface area contributed by atoms with Gasteiger partial charge in [-0.3, -0.25) is 4.98 Å². The van der Waals surface area contributed by atoms with Crippen LogP contribution < -0.4 is 0 Å². The molecule has 0 saturated heterocycles. The molecular formula is C12H12N2O2S. The van der Waals surface area contributed by atoms with Crippen molar-refractivity contribution in [3.63, 3.8) is 0 Å². The highest BCUT2D eigenvalue weighted by molar-refractivity contribution is 7.17. The average Bonchev–Trinajstić information content (AvgIpc) is 2.75. The average molecular weight is 248 g/mol. The topological polar surface area (TPSA) is 63.1 Å². The predicted molar refractivity (Wildman–Crippen MR) is 66.4 cm³/mol. The number of carboxylic acid groups (broad SMARTS) is 1. The van der Waals surface area contributed by atoms with Crippen LogP contribution in [0, 0.1) is 0 Å². The summed E-state index contributed by atoms with van der Waals surface area (Å²) < 4.78 is 0. The fourth-order valence-electron chi connectivity index (χ4n) is 1.49. The summed E-state index contributed by atoms with van der Waals surface area (Å²) in [5, 5.41) is 9.84. The Morgan fingerprint density at radius 3 is 2.71 bits per heavy atom. The lowest BCUT2D eigenvalue weighted by atomic mass is 10.1. The Balaban J connectivity index is 2.51. The molecule has 0 fully saturated rings. The molecule has 88 valence electrons. The molecule has 0 aromatic carbocycles. The molecule has 0 aliphatic heterocycles. The minimum Gasteiger partial charge on any atom is -0.477 e. The molecule has 0 aliphatic carbocycles. The minimum absolute atomic E-state index is 0.0998. The second-order valence-electron chi connectivity index (χ2n) is 3.93. The number of carbonyl (C=O) groups is 1. The SMILES string of the molecule is CC(C)c1nc(-c2cccnc2)sc1C(=O)O. The van der Waals surface area contributed by atoms with Gasteiger partial charge in [0, 0.05) is 18.0 Å². The standard InChI is InChI=1S/C12H12N2O2S/c1-7(2)9-10(12(15)16)17-11(14-9)8-4-3-5-13-6-8/h3-7H,1-2H3,(H,15,16). The van der Waals surface area contributed by atoms with Crippen molar-refractivity contribution in [3.05, 3.63) is 35.1 Å². The summed E-state index contributed by atoms with van der Waals surface area (Å²) in [5.74, 6) is -0.816. The van der Waals surface area contributed by atoms with Crippen LogP contribution in [0.2, 0.25) is 0 Å². The zero-order valence-corrected chi connectivity index (χ0v) is 10.4. The van der Waals surface area contributed by atoms with Crippen LogP contribution in [0.5, 0.6) is 0 Å². The Morgan fingerprint density at radius 1 is 1.47 bits per heavy atom. The van der Waals surface area contributed by atoms with Crippen LogP contribution in [-0.2, 0) is 0 Å². The molecule has 0 radical (unpaired) electrons. The van der Waals surface area contributed by atoms with E-state index in [1.807, 2.05) is 26.0 Å². The lowest BCUT2D eigenvalue weighted by molar-refractivity contribution is 0.0700. The monoisotopic (exact) mass is 248 g/mol. The van der Waals surface area contributed by atoms with E-state index < -0.39 is 5.97 Å². The first-order valence-electron chi connectivity index (χ1n) is 5.24. The summed E-state index contributed by atoms with van der Waals surface area (Å²) in [6, 6.07) is 3.69. The molecule has 0 atom stereocenters. The Bertz CT molecular complexity index is 535. The largest absolute Gasteiger partial charge is 0.477 e. The van der Waals surface area contributed by atoms with Crippen LogP contribution in [0.4, 0.5) is 0 Å². The maximum atomic E-state index is 11.1. The normalized spacial score (nSPS) is 10.8. The summed E-state index contributed by atoms with van der Waals surface area (Å²) >= 11 is 1.20. The highest BCUT2D eigenvalue weighted by Gasteiger charge is 2.20. The summed E-state index contributed by atoms with van der Waals surface area (Å²) in [4.78, 5) is 19.9. The Labute approximate surface area is 103 Å². The molecule has 0 spiro atoms. The molecule has 2 heterocycles. The number of thiazole rings is 1. The van der Waals surface area contributed by atoms with Gasteiger partial charge in [-0.2, -0.15) is 0 Å². The second-order valence-corrected chi connectivity index (χ2v) is 4.93. The molecule has 0 saturated carbocycles. The lowest BCUT2D eigenvalue weighted by Crippen LogP contribution is -2.00. The first kappa shape index (κ1) is 11.7. The number of aromatic carboxylic acids is 1. The van der Waals surface area contributed by atoms with Crippen LogP contribution in [0.1, 0.15) is 35.1 Å². The Kier molecular flexibility index (Phi) is 3.19. The summed E-state index contributed by atoms with van der Waals surface area (Å²) in [6.07, 6.45) is 3.37. The van der Waals surface area contributed by atoms with Crippen molar-refractivity contribution in [2.75, 3.05) is 0 Å². The third-order valence-corrected chi connectivity index (χ3v) is 3.41. The zero-order chi connectivity index (χ0) is 12.4. The third-order valence-electron chi connectivity index (χ3n) is 2.30. The van der Waals surface area contributed by atoms with Gasteiger partial charge in [0.1, 0.15) is 9.88 Å². The van der Waals surface area contributed by atoms with Crippen molar-refractivity contribution in [1.29, 1.82) is 0 Å². The van der Waals surface area contributed by atoms with Crippen molar-refractivity contribution >= 4 is 17.3 Å². The van der Waals surface area contributed by atoms with Crippen molar-refractivity contribution < 1.29 is 9.90 Å². The molecule has 5 heteroatoms. The van der Waals surface area contributed by atoms with E-state index in [9.17, 15) is 4.79 Å². The molecule has 0 unspecified atom stereocenters. The smallest absolute Gasteiger partial charge is 0.347 e. The van der Waals surface area contributed by atoms with Crippen molar-refractivity contribution in [2.24, 2.45) is 0 Å². The van der Waals surface area contributed by atoms with E-state index in [0.717, 1.165) is 5.56 Å². The number of nitrogens with zero attached hydrogens (tertiary/aromatic N) is 2. The zero-order valence-electron chi connectivity index (χ0n) is 9.54. The van der Waals surface area contributed by atoms with E-state index in [4.69, 9.17) is 5.11 Å². The van der Waals surface area contributed by atoms with E-state index in [2.05, 4.69) is 9.97 Å². The van der Waals surface area contributed by atoms with Crippen LogP contribution in [0.25, 0.3) is 10.6 Å². The van der Waals surface area contributed by atoms with Gasteiger partial charge in [0.2, 0.25) is 0 Å². The van der Waals surface area contributed by atoms with Gasteiger partial charge in [-0.25, -0.2) is 9.78 Å². The summed E-state index contributed by atoms with van der Waals surface area (Å²) in [6.45, 7) is 3.88. The van der Waals surface area contributed by atoms with E-state index in [1.165, 1.54) is 11.3 Å². The summed E-state index contributed by atoms with van der Waals surface area (Å²) in [7, 11) is 0. The molecule has 0 bridgehead atoms. The molecule has 4 nitrogen and oxygen atoms in total.